The summed E-state index contributed by atoms with van der Waals surface area (Å²) in [5.41, 5.74) is 1.09. The molecular formula is C15H21BrN2O. The summed E-state index contributed by atoms with van der Waals surface area (Å²) in [7, 11) is 1.91. The highest BCUT2D eigenvalue weighted by atomic mass is 79.9. The third-order valence-electron chi connectivity index (χ3n) is 3.95. The van der Waals surface area contributed by atoms with Crippen LogP contribution in [-0.4, -0.2) is 26.0 Å². The molecule has 0 aromatic heterocycles. The summed E-state index contributed by atoms with van der Waals surface area (Å²) >= 11 is 3.53. The van der Waals surface area contributed by atoms with Gasteiger partial charge in [0.25, 0.3) is 0 Å². The fourth-order valence-corrected chi connectivity index (χ4v) is 3.11. The van der Waals surface area contributed by atoms with E-state index < -0.39 is 0 Å². The van der Waals surface area contributed by atoms with Crippen LogP contribution >= 0.6 is 15.9 Å². The molecule has 1 aliphatic rings. The Morgan fingerprint density at radius 2 is 2.11 bits per heavy atom. The Bertz CT molecular complexity index is 444. The molecule has 0 aliphatic heterocycles. The van der Waals surface area contributed by atoms with Crippen LogP contribution in [0.25, 0.3) is 0 Å². The first-order valence-electron chi connectivity index (χ1n) is 6.84. The topological polar surface area (TPSA) is 41.1 Å². The lowest BCUT2D eigenvalue weighted by Gasteiger charge is -2.40. The van der Waals surface area contributed by atoms with Crippen LogP contribution in [0.4, 0.5) is 0 Å². The van der Waals surface area contributed by atoms with E-state index in [4.69, 9.17) is 0 Å². The van der Waals surface area contributed by atoms with E-state index in [-0.39, 0.29) is 11.3 Å². The molecule has 1 aliphatic carbocycles. The number of benzene rings is 1. The molecule has 3 nitrogen and oxygen atoms in total. The van der Waals surface area contributed by atoms with E-state index >= 15 is 0 Å². The second kappa shape index (κ2) is 6.53. The third kappa shape index (κ3) is 3.37. The monoisotopic (exact) mass is 324 g/mol. The maximum absolute atomic E-state index is 12.2. The lowest BCUT2D eigenvalue weighted by Crippen LogP contribution is -2.51. The van der Waals surface area contributed by atoms with Gasteiger partial charge in [-0.15, -0.1) is 0 Å². The molecule has 1 aromatic rings. The summed E-state index contributed by atoms with van der Waals surface area (Å²) in [5, 5.41) is 6.23. The van der Waals surface area contributed by atoms with Crippen LogP contribution in [0.15, 0.2) is 28.7 Å². The van der Waals surface area contributed by atoms with E-state index in [9.17, 15) is 4.79 Å². The standard InChI is InChI=1S/C15H21BrN2O/c1-17-11-15(8-4-9-15)14(19)18-10-7-12-5-2-3-6-13(12)16/h2-3,5-6,17H,4,7-11H2,1H3,(H,18,19). The Labute approximate surface area is 123 Å². The normalized spacial score (nSPS) is 16.7. The Morgan fingerprint density at radius 1 is 1.37 bits per heavy atom. The Hall–Kier alpha value is -0.870. The molecule has 2 N–H and O–H groups in total. The molecule has 1 amide bonds. The van der Waals surface area contributed by atoms with Gasteiger partial charge in [0.05, 0.1) is 5.41 Å². The number of halogens is 1. The zero-order valence-electron chi connectivity index (χ0n) is 11.3. The summed E-state index contributed by atoms with van der Waals surface area (Å²) in [6, 6.07) is 8.15. The zero-order chi connectivity index (χ0) is 13.7. The van der Waals surface area contributed by atoms with Gasteiger partial charge in [0.1, 0.15) is 0 Å². The van der Waals surface area contributed by atoms with Crippen molar-refractivity contribution < 1.29 is 4.79 Å². The Morgan fingerprint density at radius 3 is 2.68 bits per heavy atom. The van der Waals surface area contributed by atoms with E-state index in [1.165, 1.54) is 12.0 Å². The zero-order valence-corrected chi connectivity index (χ0v) is 12.9. The summed E-state index contributed by atoms with van der Waals surface area (Å²) in [4.78, 5) is 12.2. The average molecular weight is 325 g/mol. The van der Waals surface area contributed by atoms with E-state index in [2.05, 4.69) is 32.6 Å². The highest BCUT2D eigenvalue weighted by Crippen LogP contribution is 2.40. The second-order valence-corrected chi connectivity index (χ2v) is 6.12. The van der Waals surface area contributed by atoms with Gasteiger partial charge in [0.15, 0.2) is 0 Å². The number of hydrogen-bond donors (Lipinski definition) is 2. The largest absolute Gasteiger partial charge is 0.355 e. The van der Waals surface area contributed by atoms with Crippen LogP contribution < -0.4 is 10.6 Å². The van der Waals surface area contributed by atoms with Crippen LogP contribution in [0, 0.1) is 5.41 Å². The minimum absolute atomic E-state index is 0.150. The molecule has 0 spiro atoms. The SMILES string of the molecule is CNCC1(C(=O)NCCc2ccccc2Br)CCC1. The first kappa shape index (κ1) is 14.5. The van der Waals surface area contributed by atoms with E-state index in [1.807, 2.05) is 25.2 Å². The number of rotatable bonds is 6. The van der Waals surface area contributed by atoms with Gasteiger partial charge in [0.2, 0.25) is 5.91 Å². The van der Waals surface area contributed by atoms with Gasteiger partial charge in [-0.25, -0.2) is 0 Å². The quantitative estimate of drug-likeness (QED) is 0.844. The summed E-state index contributed by atoms with van der Waals surface area (Å²) in [5.74, 6) is 0.208. The smallest absolute Gasteiger partial charge is 0.227 e. The maximum atomic E-state index is 12.2. The number of nitrogens with one attached hydrogen (secondary N) is 2. The highest BCUT2D eigenvalue weighted by molar-refractivity contribution is 9.10. The molecule has 19 heavy (non-hydrogen) atoms. The van der Waals surface area contributed by atoms with Crippen molar-refractivity contribution >= 4 is 21.8 Å². The summed E-state index contributed by atoms with van der Waals surface area (Å²) in [6.07, 6.45) is 4.05. The van der Waals surface area contributed by atoms with Gasteiger partial charge in [0, 0.05) is 17.6 Å². The first-order chi connectivity index (χ1) is 9.18. The number of carbonyl (C=O) groups is 1. The van der Waals surface area contributed by atoms with Crippen LogP contribution in [0.3, 0.4) is 0 Å². The van der Waals surface area contributed by atoms with Crippen molar-refractivity contribution in [2.24, 2.45) is 5.41 Å². The van der Waals surface area contributed by atoms with Crippen molar-refractivity contribution in [1.29, 1.82) is 0 Å². The van der Waals surface area contributed by atoms with Gasteiger partial charge < -0.3 is 10.6 Å². The van der Waals surface area contributed by atoms with Gasteiger partial charge >= 0.3 is 0 Å². The molecular weight excluding hydrogens is 304 g/mol. The fraction of sp³-hybridized carbons (Fsp3) is 0.533. The van der Waals surface area contributed by atoms with Gasteiger partial charge in [-0.05, 0) is 37.9 Å². The van der Waals surface area contributed by atoms with Crippen LogP contribution in [-0.2, 0) is 11.2 Å². The van der Waals surface area contributed by atoms with E-state index in [0.717, 1.165) is 30.3 Å². The minimum atomic E-state index is -0.150. The molecule has 0 bridgehead atoms. The summed E-state index contributed by atoms with van der Waals surface area (Å²) < 4.78 is 1.11. The fourth-order valence-electron chi connectivity index (χ4n) is 2.63. The first-order valence-corrected chi connectivity index (χ1v) is 7.63. The van der Waals surface area contributed by atoms with Crippen molar-refractivity contribution in [2.75, 3.05) is 20.1 Å². The number of amides is 1. The second-order valence-electron chi connectivity index (χ2n) is 5.26. The molecule has 0 atom stereocenters. The third-order valence-corrected chi connectivity index (χ3v) is 4.72. The minimum Gasteiger partial charge on any atom is -0.355 e. The molecule has 1 aromatic carbocycles. The van der Waals surface area contributed by atoms with E-state index in [1.54, 1.807) is 0 Å². The lowest BCUT2D eigenvalue weighted by atomic mass is 9.68. The molecule has 1 saturated carbocycles. The Kier molecular flexibility index (Phi) is 4.99. The predicted octanol–water partition coefficient (Wildman–Crippen LogP) is 2.50. The maximum Gasteiger partial charge on any atom is 0.227 e. The van der Waals surface area contributed by atoms with Crippen molar-refractivity contribution in [2.45, 2.75) is 25.7 Å². The van der Waals surface area contributed by atoms with Gasteiger partial charge in [-0.2, -0.15) is 0 Å². The van der Waals surface area contributed by atoms with Gasteiger partial charge in [-0.3, -0.25) is 4.79 Å². The molecule has 0 radical (unpaired) electrons. The Balaban J connectivity index is 1.82. The highest BCUT2D eigenvalue weighted by Gasteiger charge is 2.43. The number of hydrogen-bond acceptors (Lipinski definition) is 2. The molecule has 2 rings (SSSR count). The molecule has 0 heterocycles. The molecule has 1 fully saturated rings. The lowest BCUT2D eigenvalue weighted by molar-refractivity contribution is -0.135. The van der Waals surface area contributed by atoms with Crippen LogP contribution in [0.5, 0.6) is 0 Å². The average Bonchev–Trinajstić information content (AvgIpc) is 2.36. The molecule has 0 unspecified atom stereocenters. The van der Waals surface area contributed by atoms with Crippen LogP contribution in [0.1, 0.15) is 24.8 Å². The number of carbonyl (C=O) groups excluding carboxylic acids is 1. The molecule has 4 heteroatoms. The van der Waals surface area contributed by atoms with Gasteiger partial charge in [-0.1, -0.05) is 40.5 Å². The van der Waals surface area contributed by atoms with Crippen LogP contribution in [0.2, 0.25) is 0 Å². The summed E-state index contributed by atoms with van der Waals surface area (Å²) in [6.45, 7) is 1.49. The van der Waals surface area contributed by atoms with Crippen molar-refractivity contribution in [3.8, 4) is 0 Å². The van der Waals surface area contributed by atoms with Crippen molar-refractivity contribution in [3.63, 3.8) is 0 Å². The molecule has 104 valence electrons. The molecule has 0 saturated heterocycles. The predicted molar refractivity (Wildman–Crippen MR) is 81.1 cm³/mol. The van der Waals surface area contributed by atoms with Crippen molar-refractivity contribution in [1.82, 2.24) is 10.6 Å². The van der Waals surface area contributed by atoms with Crippen molar-refractivity contribution in [3.05, 3.63) is 34.3 Å². The van der Waals surface area contributed by atoms with E-state index in [0.29, 0.717) is 6.54 Å².